The number of nitriles is 1. The molecule has 2 N–H and O–H groups in total. The number of carbonyl (C=O) groups excluding carboxylic acids is 2. The summed E-state index contributed by atoms with van der Waals surface area (Å²) in [5.41, 5.74) is 1.50. The molecule has 1 saturated carbocycles. The number of nitrogens with one attached hydrogen (secondary N) is 2. The summed E-state index contributed by atoms with van der Waals surface area (Å²) in [5.74, 6) is -0.388. The molecule has 0 atom stereocenters. The minimum Gasteiger partial charge on any atom is -0.360 e. The largest absolute Gasteiger partial charge is 0.360 e. The molecule has 0 radical (unpaired) electrons. The maximum atomic E-state index is 12.5. The van der Waals surface area contributed by atoms with E-state index in [0.717, 1.165) is 31.4 Å². The summed E-state index contributed by atoms with van der Waals surface area (Å²) in [6, 6.07) is 9.24. The number of rotatable bonds is 5. The summed E-state index contributed by atoms with van der Waals surface area (Å²) in [6.07, 6.45) is 6.92. The molecule has 6 heteroatoms. The maximum Gasteiger partial charge on any atom is 0.266 e. The van der Waals surface area contributed by atoms with Crippen LogP contribution in [-0.4, -0.2) is 29.8 Å². The third-order valence-corrected chi connectivity index (χ3v) is 4.38. The van der Waals surface area contributed by atoms with Gasteiger partial charge in [-0.25, -0.2) is 0 Å². The normalized spacial score (nSPS) is 15.2. The highest BCUT2D eigenvalue weighted by molar-refractivity contribution is 5.97. The molecule has 1 aliphatic rings. The predicted octanol–water partition coefficient (Wildman–Crippen LogP) is 3.26. The van der Waals surface area contributed by atoms with E-state index >= 15 is 0 Å². The van der Waals surface area contributed by atoms with Gasteiger partial charge in [0.25, 0.3) is 5.91 Å². The fourth-order valence-corrected chi connectivity index (χ4v) is 2.97. The van der Waals surface area contributed by atoms with E-state index in [2.05, 4.69) is 10.6 Å². The number of nitrogens with zero attached hydrogens (tertiary/aromatic N) is 2. The Kier molecular flexibility index (Phi) is 6.58. The Bertz CT molecular complexity index is 682. The van der Waals surface area contributed by atoms with E-state index in [4.69, 9.17) is 0 Å². The topological polar surface area (TPSA) is 85.2 Å². The summed E-state index contributed by atoms with van der Waals surface area (Å²) >= 11 is 0. The molecule has 0 unspecified atom stereocenters. The Labute approximate surface area is 148 Å². The van der Waals surface area contributed by atoms with Gasteiger partial charge < -0.3 is 15.5 Å². The van der Waals surface area contributed by atoms with Gasteiger partial charge in [0.1, 0.15) is 11.6 Å². The highest BCUT2D eigenvalue weighted by Gasteiger charge is 2.24. The summed E-state index contributed by atoms with van der Waals surface area (Å²) in [5, 5.41) is 15.0. The van der Waals surface area contributed by atoms with Crippen LogP contribution >= 0.6 is 0 Å². The Balaban J connectivity index is 2.00. The zero-order valence-electron chi connectivity index (χ0n) is 14.7. The first-order valence-electron chi connectivity index (χ1n) is 8.53. The van der Waals surface area contributed by atoms with Crippen molar-refractivity contribution >= 4 is 23.2 Å². The van der Waals surface area contributed by atoms with Gasteiger partial charge in [-0.15, -0.1) is 0 Å². The molecule has 2 amide bonds. The van der Waals surface area contributed by atoms with Crippen LogP contribution in [0.4, 0.5) is 11.4 Å². The molecular weight excluding hydrogens is 316 g/mol. The third kappa shape index (κ3) is 5.35. The maximum absolute atomic E-state index is 12.5. The van der Waals surface area contributed by atoms with Gasteiger partial charge in [0.2, 0.25) is 5.91 Å². The van der Waals surface area contributed by atoms with Gasteiger partial charge in [0.15, 0.2) is 0 Å². The molecular formula is C19H24N4O2. The van der Waals surface area contributed by atoms with Crippen LogP contribution in [0.15, 0.2) is 36.0 Å². The quantitative estimate of drug-likeness (QED) is 0.636. The second kappa shape index (κ2) is 8.88. The Morgan fingerprint density at radius 2 is 1.76 bits per heavy atom. The SMILES string of the molecule is CC(=O)Nc1ccc(N/C=C(/C#N)C(=O)N(C)C2CCCCC2)cc1. The van der Waals surface area contributed by atoms with E-state index in [9.17, 15) is 14.9 Å². The van der Waals surface area contributed by atoms with E-state index in [1.165, 1.54) is 19.5 Å². The van der Waals surface area contributed by atoms with Crippen LogP contribution < -0.4 is 10.6 Å². The highest BCUT2D eigenvalue weighted by atomic mass is 16.2. The molecule has 1 aliphatic carbocycles. The van der Waals surface area contributed by atoms with Crippen LogP contribution in [0.3, 0.4) is 0 Å². The van der Waals surface area contributed by atoms with Crippen molar-refractivity contribution in [1.82, 2.24) is 4.90 Å². The molecule has 0 aromatic heterocycles. The number of hydrogen-bond acceptors (Lipinski definition) is 4. The smallest absolute Gasteiger partial charge is 0.266 e. The fourth-order valence-electron chi connectivity index (χ4n) is 2.97. The van der Waals surface area contributed by atoms with Crippen molar-refractivity contribution in [1.29, 1.82) is 5.26 Å². The molecule has 1 aromatic rings. The number of benzene rings is 1. The summed E-state index contributed by atoms with van der Waals surface area (Å²) in [4.78, 5) is 25.2. The third-order valence-electron chi connectivity index (χ3n) is 4.38. The zero-order chi connectivity index (χ0) is 18.2. The van der Waals surface area contributed by atoms with E-state index in [0.29, 0.717) is 5.69 Å². The molecule has 0 bridgehead atoms. The number of anilines is 2. The van der Waals surface area contributed by atoms with Crippen molar-refractivity contribution in [3.05, 3.63) is 36.0 Å². The average molecular weight is 340 g/mol. The van der Waals surface area contributed by atoms with Crippen molar-refractivity contribution in [2.75, 3.05) is 17.7 Å². The van der Waals surface area contributed by atoms with Crippen molar-refractivity contribution in [3.63, 3.8) is 0 Å². The predicted molar refractivity (Wildman–Crippen MR) is 97.7 cm³/mol. The molecule has 25 heavy (non-hydrogen) atoms. The van der Waals surface area contributed by atoms with Crippen LogP contribution in [0.5, 0.6) is 0 Å². The van der Waals surface area contributed by atoms with Gasteiger partial charge in [-0.1, -0.05) is 19.3 Å². The molecule has 0 spiro atoms. The number of hydrogen-bond donors (Lipinski definition) is 2. The lowest BCUT2D eigenvalue weighted by atomic mass is 9.94. The molecule has 1 aromatic carbocycles. The molecule has 0 aliphatic heterocycles. The number of carbonyl (C=O) groups is 2. The van der Waals surface area contributed by atoms with E-state index < -0.39 is 0 Å². The van der Waals surface area contributed by atoms with Crippen LogP contribution in [0.1, 0.15) is 39.0 Å². The van der Waals surface area contributed by atoms with Gasteiger partial charge in [0.05, 0.1) is 0 Å². The summed E-state index contributed by atoms with van der Waals surface area (Å²) in [6.45, 7) is 1.45. The van der Waals surface area contributed by atoms with Gasteiger partial charge in [-0.3, -0.25) is 9.59 Å². The minimum absolute atomic E-state index is 0.0824. The van der Waals surface area contributed by atoms with Crippen molar-refractivity contribution in [2.24, 2.45) is 0 Å². The van der Waals surface area contributed by atoms with Crippen LogP contribution in [0.25, 0.3) is 0 Å². The molecule has 2 rings (SSSR count). The Morgan fingerprint density at radius 1 is 1.16 bits per heavy atom. The van der Waals surface area contributed by atoms with Gasteiger partial charge in [0, 0.05) is 37.6 Å². The molecule has 1 fully saturated rings. The number of amides is 2. The Morgan fingerprint density at radius 3 is 2.32 bits per heavy atom. The molecule has 0 saturated heterocycles. The first-order chi connectivity index (χ1) is 12.0. The standard InChI is InChI=1S/C19H24N4O2/c1-14(24)22-17-10-8-16(9-11-17)21-13-15(12-20)19(25)23(2)18-6-4-3-5-7-18/h8-11,13,18,21H,3-7H2,1-2H3,(H,22,24)/b15-13-. The lowest BCUT2D eigenvalue weighted by molar-refractivity contribution is -0.128. The molecule has 0 heterocycles. The molecule has 132 valence electrons. The van der Waals surface area contributed by atoms with E-state index in [1.54, 1.807) is 36.2 Å². The van der Waals surface area contributed by atoms with Gasteiger partial charge >= 0.3 is 0 Å². The highest BCUT2D eigenvalue weighted by Crippen LogP contribution is 2.22. The van der Waals surface area contributed by atoms with Gasteiger partial charge in [-0.2, -0.15) is 5.26 Å². The van der Waals surface area contributed by atoms with Crippen LogP contribution in [0.2, 0.25) is 0 Å². The second-order valence-electron chi connectivity index (χ2n) is 6.28. The van der Waals surface area contributed by atoms with Crippen LogP contribution in [-0.2, 0) is 9.59 Å². The lowest BCUT2D eigenvalue weighted by Gasteiger charge is -2.31. The average Bonchev–Trinajstić information content (AvgIpc) is 2.63. The first kappa shape index (κ1) is 18.5. The fraction of sp³-hybridized carbons (Fsp3) is 0.421. The second-order valence-corrected chi connectivity index (χ2v) is 6.28. The monoisotopic (exact) mass is 340 g/mol. The summed E-state index contributed by atoms with van der Waals surface area (Å²) < 4.78 is 0. The van der Waals surface area contributed by atoms with E-state index in [-0.39, 0.29) is 23.4 Å². The van der Waals surface area contributed by atoms with E-state index in [1.807, 2.05) is 6.07 Å². The number of likely N-dealkylation sites (N-methyl/N-ethyl adjacent to an activating group) is 1. The van der Waals surface area contributed by atoms with Crippen LogP contribution in [0, 0.1) is 11.3 Å². The Hall–Kier alpha value is -2.81. The first-order valence-corrected chi connectivity index (χ1v) is 8.53. The zero-order valence-corrected chi connectivity index (χ0v) is 14.7. The molecule has 6 nitrogen and oxygen atoms in total. The minimum atomic E-state index is -0.253. The van der Waals surface area contributed by atoms with Gasteiger partial charge in [-0.05, 0) is 37.1 Å². The van der Waals surface area contributed by atoms with Crippen molar-refractivity contribution in [3.8, 4) is 6.07 Å². The lowest BCUT2D eigenvalue weighted by Crippen LogP contribution is -2.39. The van der Waals surface area contributed by atoms with Crippen molar-refractivity contribution < 1.29 is 9.59 Å². The summed E-state index contributed by atoms with van der Waals surface area (Å²) in [7, 11) is 1.77. The van der Waals surface area contributed by atoms with Crippen molar-refractivity contribution in [2.45, 2.75) is 45.1 Å².